The molecule has 1 aliphatic heterocycles. The number of hydrogen-bond donors (Lipinski definition) is 0. The van der Waals surface area contributed by atoms with Crippen molar-refractivity contribution in [3.8, 4) is 11.5 Å². The second-order valence-electron chi connectivity index (χ2n) is 9.07. The molecule has 0 saturated carbocycles. The predicted molar refractivity (Wildman–Crippen MR) is 136 cm³/mol. The quantitative estimate of drug-likeness (QED) is 0.355. The van der Waals surface area contributed by atoms with E-state index in [2.05, 4.69) is 0 Å². The van der Waals surface area contributed by atoms with Crippen LogP contribution in [0.3, 0.4) is 0 Å². The van der Waals surface area contributed by atoms with E-state index >= 15 is 0 Å². The summed E-state index contributed by atoms with van der Waals surface area (Å²) in [5.41, 5.74) is -0.00699. The van der Waals surface area contributed by atoms with Crippen LogP contribution in [0.4, 0.5) is 4.79 Å². The third-order valence-electron chi connectivity index (χ3n) is 6.52. The van der Waals surface area contributed by atoms with Gasteiger partial charge in [0.1, 0.15) is 16.9 Å². The highest BCUT2D eigenvalue weighted by atomic mass is 16.5. The molecule has 196 valence electrons. The fraction of sp³-hybridized carbons (Fsp3) is 0.393. The van der Waals surface area contributed by atoms with Crippen LogP contribution in [0, 0.1) is 5.41 Å². The first-order valence-corrected chi connectivity index (χ1v) is 12.1. The van der Waals surface area contributed by atoms with Gasteiger partial charge in [0.2, 0.25) is 11.8 Å². The summed E-state index contributed by atoms with van der Waals surface area (Å²) < 4.78 is 11.5. The molecule has 0 aromatic heterocycles. The van der Waals surface area contributed by atoms with Gasteiger partial charge in [-0.25, -0.2) is 4.79 Å². The molecule has 2 aromatic carbocycles. The van der Waals surface area contributed by atoms with Crippen LogP contribution in [0.1, 0.15) is 59.5 Å². The number of imide groups is 2. The Hall–Kier alpha value is -4.01. The van der Waals surface area contributed by atoms with Crippen LogP contribution >= 0.6 is 0 Å². The topological polar surface area (TPSA) is 110 Å². The van der Waals surface area contributed by atoms with E-state index in [1.807, 2.05) is 0 Å². The maximum absolute atomic E-state index is 13.8. The second-order valence-corrected chi connectivity index (χ2v) is 9.07. The summed E-state index contributed by atoms with van der Waals surface area (Å²) in [5.74, 6) is -0.887. The molecule has 0 spiro atoms. The third kappa shape index (κ3) is 5.26. The summed E-state index contributed by atoms with van der Waals surface area (Å²) in [5, 5.41) is 0. The van der Waals surface area contributed by atoms with Gasteiger partial charge < -0.3 is 9.47 Å². The lowest BCUT2D eigenvalue weighted by molar-refractivity contribution is -0.157. The molecule has 0 atom stereocenters. The minimum atomic E-state index is -1.76. The molecule has 2 aromatic rings. The number of carbonyl (C=O) groups excluding carboxylic acids is 5. The molecule has 0 unspecified atom stereocenters. The minimum absolute atomic E-state index is 0.140. The Morgan fingerprint density at radius 2 is 1.11 bits per heavy atom. The van der Waals surface area contributed by atoms with Crippen LogP contribution in [-0.2, 0) is 22.4 Å². The zero-order valence-electron chi connectivity index (χ0n) is 22.0. The van der Waals surface area contributed by atoms with Crippen LogP contribution in [-0.4, -0.2) is 66.5 Å². The Kier molecular flexibility index (Phi) is 8.15. The van der Waals surface area contributed by atoms with E-state index in [9.17, 15) is 24.0 Å². The zero-order chi connectivity index (χ0) is 27.5. The van der Waals surface area contributed by atoms with Gasteiger partial charge in [0.15, 0.2) is 11.6 Å². The van der Waals surface area contributed by atoms with Crippen molar-refractivity contribution in [3.63, 3.8) is 0 Å². The molecule has 9 nitrogen and oxygen atoms in total. The second kappa shape index (κ2) is 10.9. The number of carbonyl (C=O) groups is 5. The third-order valence-corrected chi connectivity index (χ3v) is 6.52. The van der Waals surface area contributed by atoms with Gasteiger partial charge in [-0.3, -0.25) is 29.0 Å². The number of amides is 4. The summed E-state index contributed by atoms with van der Waals surface area (Å²) in [6.07, 6.45) is -0.280. The van der Waals surface area contributed by atoms with Gasteiger partial charge in [-0.15, -0.1) is 0 Å². The van der Waals surface area contributed by atoms with Gasteiger partial charge in [-0.05, 0) is 88.1 Å². The summed E-state index contributed by atoms with van der Waals surface area (Å²) in [4.78, 5) is 66.4. The number of barbiturate groups is 1. The Labute approximate surface area is 216 Å². The fourth-order valence-corrected chi connectivity index (χ4v) is 4.61. The van der Waals surface area contributed by atoms with Crippen molar-refractivity contribution in [2.75, 3.05) is 27.3 Å². The highest BCUT2D eigenvalue weighted by Crippen LogP contribution is 2.40. The van der Waals surface area contributed by atoms with Crippen molar-refractivity contribution < 1.29 is 33.4 Å². The monoisotopic (exact) mass is 508 g/mol. The summed E-state index contributed by atoms with van der Waals surface area (Å²) in [6, 6.07) is 9.01. The molecule has 3 rings (SSSR count). The number of urea groups is 1. The first kappa shape index (κ1) is 27.6. The summed E-state index contributed by atoms with van der Waals surface area (Å²) in [6.45, 7) is 7.11. The molecule has 1 saturated heterocycles. The average Bonchev–Trinajstić information content (AvgIpc) is 2.87. The van der Waals surface area contributed by atoms with Gasteiger partial charge in [0.25, 0.3) is 0 Å². The van der Waals surface area contributed by atoms with Crippen LogP contribution in [0.5, 0.6) is 11.5 Å². The highest BCUT2D eigenvalue weighted by molar-refractivity contribution is 6.19. The van der Waals surface area contributed by atoms with Crippen molar-refractivity contribution in [2.24, 2.45) is 5.41 Å². The van der Waals surface area contributed by atoms with Crippen LogP contribution in [0.25, 0.3) is 0 Å². The van der Waals surface area contributed by atoms with Crippen LogP contribution < -0.4 is 9.47 Å². The normalized spacial score (nSPS) is 15.1. The lowest BCUT2D eigenvalue weighted by Crippen LogP contribution is -2.64. The number of Topliss-reactive ketones (excluding diaryl/α,β-unsaturated/α-hetero) is 2. The fourth-order valence-electron chi connectivity index (χ4n) is 4.61. The molecule has 37 heavy (non-hydrogen) atoms. The predicted octanol–water partition coefficient (Wildman–Crippen LogP) is 3.71. The van der Waals surface area contributed by atoms with E-state index < -0.39 is 23.3 Å². The number of ketones is 2. The Balaban J connectivity index is 2.27. The largest absolute Gasteiger partial charge is 0.494 e. The molecule has 1 aliphatic rings. The van der Waals surface area contributed by atoms with E-state index in [4.69, 9.17) is 9.47 Å². The average molecular weight is 509 g/mol. The van der Waals surface area contributed by atoms with Gasteiger partial charge in [0.05, 0.1) is 13.2 Å². The maximum Gasteiger partial charge on any atom is 0.332 e. The number of hydrogen-bond acceptors (Lipinski definition) is 7. The minimum Gasteiger partial charge on any atom is -0.494 e. The van der Waals surface area contributed by atoms with Crippen molar-refractivity contribution in [3.05, 3.63) is 58.7 Å². The maximum atomic E-state index is 13.8. The van der Waals surface area contributed by atoms with E-state index in [1.54, 1.807) is 50.2 Å². The van der Waals surface area contributed by atoms with Crippen molar-refractivity contribution in [2.45, 2.75) is 40.5 Å². The van der Waals surface area contributed by atoms with E-state index in [0.29, 0.717) is 47.0 Å². The van der Waals surface area contributed by atoms with E-state index in [1.165, 1.54) is 27.9 Å². The van der Waals surface area contributed by atoms with Gasteiger partial charge in [-0.2, -0.15) is 0 Å². The smallest absolute Gasteiger partial charge is 0.332 e. The van der Waals surface area contributed by atoms with Crippen LogP contribution in [0.2, 0.25) is 0 Å². The highest BCUT2D eigenvalue weighted by Gasteiger charge is 2.56. The number of benzene rings is 2. The van der Waals surface area contributed by atoms with Gasteiger partial charge in [-0.1, -0.05) is 0 Å². The Morgan fingerprint density at radius 1 is 0.730 bits per heavy atom. The molecular formula is C28H32N2O7. The van der Waals surface area contributed by atoms with Crippen LogP contribution in [0.15, 0.2) is 36.4 Å². The number of rotatable bonds is 10. The standard InChI is InChI=1S/C28H32N2O7/c1-7-36-23-11-9-19(17(3)31)13-21(23)15-28(25(33)29(5)27(35)30(6)26(28)34)16-22-14-20(18(4)32)10-12-24(22)37-8-2/h9-14H,7-8,15-16H2,1-6H3. The lowest BCUT2D eigenvalue weighted by Gasteiger charge is -2.42. The molecule has 0 radical (unpaired) electrons. The number of nitrogens with zero attached hydrogens (tertiary/aromatic N) is 2. The molecule has 0 N–H and O–H groups in total. The first-order valence-electron chi connectivity index (χ1n) is 12.1. The summed E-state index contributed by atoms with van der Waals surface area (Å²) in [7, 11) is 2.65. The van der Waals surface area contributed by atoms with Crippen molar-refractivity contribution in [1.29, 1.82) is 0 Å². The van der Waals surface area contributed by atoms with Gasteiger partial charge >= 0.3 is 6.03 Å². The summed E-state index contributed by atoms with van der Waals surface area (Å²) >= 11 is 0. The Bertz CT molecular complexity index is 1170. The van der Waals surface area contributed by atoms with Crippen molar-refractivity contribution >= 4 is 29.4 Å². The van der Waals surface area contributed by atoms with Gasteiger partial charge in [0, 0.05) is 25.2 Å². The zero-order valence-corrected chi connectivity index (χ0v) is 22.0. The SMILES string of the molecule is CCOc1ccc(C(C)=O)cc1CC1(Cc2cc(C(C)=O)ccc2OCC)C(=O)N(C)C(=O)N(C)C1=O. The molecule has 1 fully saturated rings. The Morgan fingerprint density at radius 3 is 1.43 bits per heavy atom. The molecular weight excluding hydrogens is 476 g/mol. The van der Waals surface area contributed by atoms with E-state index in [-0.39, 0.29) is 24.4 Å². The molecule has 4 amide bonds. The van der Waals surface area contributed by atoms with E-state index in [0.717, 1.165) is 9.80 Å². The molecule has 9 heteroatoms. The first-order chi connectivity index (χ1) is 17.5. The van der Waals surface area contributed by atoms with Crippen molar-refractivity contribution in [1.82, 2.24) is 9.80 Å². The number of ether oxygens (including phenoxy) is 2. The molecule has 0 aliphatic carbocycles. The molecule has 0 bridgehead atoms. The lowest BCUT2D eigenvalue weighted by atomic mass is 9.72. The molecule has 1 heterocycles.